The van der Waals surface area contributed by atoms with E-state index in [1.807, 2.05) is 24.3 Å². The summed E-state index contributed by atoms with van der Waals surface area (Å²) in [6, 6.07) is 20.3. The van der Waals surface area contributed by atoms with Crippen LogP contribution in [0.4, 0.5) is 5.69 Å². The van der Waals surface area contributed by atoms with Crippen molar-refractivity contribution in [3.05, 3.63) is 66.2 Å². The van der Waals surface area contributed by atoms with E-state index in [4.69, 9.17) is 11.6 Å². The fourth-order valence-corrected chi connectivity index (χ4v) is 3.68. The first-order chi connectivity index (χ1) is 12.6. The quantitative estimate of drug-likeness (QED) is 0.216. The van der Waals surface area contributed by atoms with Gasteiger partial charge in [0, 0.05) is 21.9 Å². The first kappa shape index (κ1) is 16.8. The summed E-state index contributed by atoms with van der Waals surface area (Å²) < 4.78 is 1.50. The Kier molecular flexibility index (Phi) is 4.48. The molecular formula is C19H17N5S2. The van der Waals surface area contributed by atoms with Gasteiger partial charge in [0.25, 0.3) is 0 Å². The summed E-state index contributed by atoms with van der Waals surface area (Å²) in [6.45, 7) is 0. The van der Waals surface area contributed by atoms with Crippen molar-refractivity contribution >= 4 is 40.9 Å². The predicted octanol–water partition coefficient (Wildman–Crippen LogP) is 3.98. The maximum Gasteiger partial charge on any atom is 0.210 e. The topological polar surface area (TPSA) is 82.8 Å². The van der Waals surface area contributed by atoms with Gasteiger partial charge in [-0.2, -0.15) is 0 Å². The SMILES string of the molecule is Nc1cc(-c2nnc(SCc3ccc4ccccc4c3)n2N)ccc1S. The highest BCUT2D eigenvalue weighted by Gasteiger charge is 2.13. The molecule has 1 heterocycles. The van der Waals surface area contributed by atoms with Crippen LogP contribution >= 0.6 is 24.4 Å². The van der Waals surface area contributed by atoms with Crippen LogP contribution in [0.1, 0.15) is 5.56 Å². The van der Waals surface area contributed by atoms with Crippen molar-refractivity contribution in [1.29, 1.82) is 0 Å². The molecule has 7 heteroatoms. The molecule has 3 aromatic carbocycles. The third-order valence-corrected chi connectivity index (χ3v) is 5.55. The number of nitrogen functional groups attached to an aromatic ring is 2. The van der Waals surface area contributed by atoms with E-state index in [0.717, 1.165) is 16.2 Å². The van der Waals surface area contributed by atoms with Crippen molar-refractivity contribution in [2.75, 3.05) is 11.6 Å². The minimum Gasteiger partial charge on any atom is -0.398 e. The standard InChI is InChI=1S/C19H17N5S2/c20-16-10-15(7-8-17(16)25)18-22-23-19(24(18)21)26-11-12-5-6-13-3-1-2-4-14(13)9-12/h1-10,25H,11,20-21H2. The zero-order chi connectivity index (χ0) is 18.1. The van der Waals surface area contributed by atoms with E-state index in [1.165, 1.54) is 21.0 Å². The fourth-order valence-electron chi connectivity index (χ4n) is 2.74. The summed E-state index contributed by atoms with van der Waals surface area (Å²) in [5.41, 5.74) is 8.52. The number of fused-ring (bicyclic) bond motifs is 1. The highest BCUT2D eigenvalue weighted by Crippen LogP contribution is 2.28. The minimum atomic E-state index is 0.575. The Balaban J connectivity index is 1.55. The van der Waals surface area contributed by atoms with Crippen LogP contribution in [-0.4, -0.2) is 14.9 Å². The van der Waals surface area contributed by atoms with Crippen molar-refractivity contribution < 1.29 is 0 Å². The van der Waals surface area contributed by atoms with Crippen molar-refractivity contribution in [2.45, 2.75) is 15.8 Å². The van der Waals surface area contributed by atoms with Gasteiger partial charge in [-0.15, -0.1) is 22.8 Å². The van der Waals surface area contributed by atoms with Gasteiger partial charge in [0.15, 0.2) is 5.82 Å². The first-order valence-corrected chi connectivity index (χ1v) is 9.45. The van der Waals surface area contributed by atoms with E-state index in [9.17, 15) is 0 Å². The first-order valence-electron chi connectivity index (χ1n) is 8.01. The average molecular weight is 380 g/mol. The molecule has 4 N–H and O–H groups in total. The Hall–Kier alpha value is -2.64. The third kappa shape index (κ3) is 3.23. The van der Waals surface area contributed by atoms with Crippen LogP contribution < -0.4 is 11.6 Å². The lowest BCUT2D eigenvalue weighted by Gasteiger charge is -2.06. The number of hydrogen-bond acceptors (Lipinski definition) is 6. The van der Waals surface area contributed by atoms with E-state index in [1.54, 1.807) is 17.8 Å². The molecular weight excluding hydrogens is 362 g/mol. The second-order valence-corrected chi connectivity index (χ2v) is 7.34. The third-order valence-electron chi connectivity index (χ3n) is 4.13. The van der Waals surface area contributed by atoms with Gasteiger partial charge >= 0.3 is 0 Å². The van der Waals surface area contributed by atoms with Crippen molar-refractivity contribution in [3.63, 3.8) is 0 Å². The van der Waals surface area contributed by atoms with E-state index in [0.29, 0.717) is 16.7 Å². The second-order valence-electron chi connectivity index (χ2n) is 5.92. The number of nitrogens with two attached hydrogens (primary N) is 2. The average Bonchev–Trinajstić information content (AvgIpc) is 3.03. The lowest BCUT2D eigenvalue weighted by molar-refractivity contribution is 0.849. The molecule has 4 aromatic rings. The summed E-state index contributed by atoms with van der Waals surface area (Å²) in [4.78, 5) is 0.725. The molecule has 0 bridgehead atoms. The van der Waals surface area contributed by atoms with Crippen LogP contribution in [0.25, 0.3) is 22.2 Å². The van der Waals surface area contributed by atoms with Gasteiger partial charge in [0.2, 0.25) is 5.16 Å². The Morgan fingerprint density at radius 1 is 0.962 bits per heavy atom. The summed E-state index contributed by atoms with van der Waals surface area (Å²) >= 11 is 5.83. The molecule has 0 saturated heterocycles. The molecule has 0 unspecified atom stereocenters. The Bertz CT molecular complexity index is 1090. The predicted molar refractivity (Wildman–Crippen MR) is 111 cm³/mol. The molecule has 0 aliphatic rings. The molecule has 5 nitrogen and oxygen atoms in total. The van der Waals surface area contributed by atoms with Gasteiger partial charge in [0.1, 0.15) is 0 Å². The number of nitrogens with zero attached hydrogens (tertiary/aromatic N) is 3. The van der Waals surface area contributed by atoms with Crippen LogP contribution in [-0.2, 0) is 5.75 Å². The molecule has 4 rings (SSSR count). The summed E-state index contributed by atoms with van der Waals surface area (Å²) in [5, 5.41) is 11.5. The van der Waals surface area contributed by atoms with Crippen molar-refractivity contribution in [1.82, 2.24) is 14.9 Å². The fraction of sp³-hybridized carbons (Fsp3) is 0.0526. The zero-order valence-corrected chi connectivity index (χ0v) is 15.5. The van der Waals surface area contributed by atoms with Crippen LogP contribution in [0.3, 0.4) is 0 Å². The smallest absolute Gasteiger partial charge is 0.210 e. The van der Waals surface area contributed by atoms with Crippen LogP contribution in [0.15, 0.2) is 70.7 Å². The van der Waals surface area contributed by atoms with Crippen LogP contribution in [0.5, 0.6) is 0 Å². The van der Waals surface area contributed by atoms with E-state index in [2.05, 4.69) is 53.2 Å². The van der Waals surface area contributed by atoms with Gasteiger partial charge in [-0.3, -0.25) is 0 Å². The van der Waals surface area contributed by atoms with Crippen molar-refractivity contribution in [3.8, 4) is 11.4 Å². The molecule has 0 amide bonds. The highest BCUT2D eigenvalue weighted by molar-refractivity contribution is 7.98. The van der Waals surface area contributed by atoms with Crippen LogP contribution in [0.2, 0.25) is 0 Å². The maximum atomic E-state index is 6.19. The van der Waals surface area contributed by atoms with Gasteiger partial charge in [0.05, 0.1) is 0 Å². The van der Waals surface area contributed by atoms with Gasteiger partial charge in [-0.25, -0.2) is 4.68 Å². The second kappa shape index (κ2) is 6.93. The lowest BCUT2D eigenvalue weighted by Crippen LogP contribution is -2.11. The Morgan fingerprint density at radius 3 is 2.58 bits per heavy atom. The molecule has 130 valence electrons. The molecule has 26 heavy (non-hydrogen) atoms. The molecule has 0 fully saturated rings. The van der Waals surface area contributed by atoms with Crippen LogP contribution in [0, 0.1) is 0 Å². The largest absolute Gasteiger partial charge is 0.398 e. The number of hydrogen-bond donors (Lipinski definition) is 3. The van der Waals surface area contributed by atoms with Gasteiger partial charge in [-0.05, 0) is 34.5 Å². The zero-order valence-electron chi connectivity index (χ0n) is 13.8. The van der Waals surface area contributed by atoms with E-state index >= 15 is 0 Å². The summed E-state index contributed by atoms with van der Waals surface area (Å²) in [6.07, 6.45) is 0. The lowest BCUT2D eigenvalue weighted by atomic mass is 10.1. The van der Waals surface area contributed by atoms with Gasteiger partial charge in [-0.1, -0.05) is 54.2 Å². The highest BCUT2D eigenvalue weighted by atomic mass is 32.2. The molecule has 0 aliphatic carbocycles. The molecule has 0 atom stereocenters. The number of thioether (sulfide) groups is 1. The number of aromatic nitrogens is 3. The number of benzene rings is 3. The van der Waals surface area contributed by atoms with Gasteiger partial charge < -0.3 is 11.6 Å². The minimum absolute atomic E-state index is 0.575. The summed E-state index contributed by atoms with van der Waals surface area (Å²) in [5.74, 6) is 7.53. The molecule has 0 radical (unpaired) electrons. The number of thiol groups is 1. The molecule has 0 saturated carbocycles. The Labute approximate surface area is 160 Å². The molecule has 0 spiro atoms. The number of rotatable bonds is 4. The summed E-state index contributed by atoms with van der Waals surface area (Å²) in [7, 11) is 0. The monoisotopic (exact) mass is 379 g/mol. The Morgan fingerprint density at radius 2 is 1.77 bits per heavy atom. The normalized spacial score (nSPS) is 11.1. The number of anilines is 1. The maximum absolute atomic E-state index is 6.19. The molecule has 1 aromatic heterocycles. The van der Waals surface area contributed by atoms with E-state index < -0.39 is 0 Å². The van der Waals surface area contributed by atoms with Crippen molar-refractivity contribution in [2.24, 2.45) is 0 Å². The molecule has 0 aliphatic heterocycles. The van der Waals surface area contributed by atoms with E-state index in [-0.39, 0.29) is 0 Å².